The maximum Gasteiger partial charge on any atom is 0.329 e. The van der Waals surface area contributed by atoms with Crippen LogP contribution in [-0.2, 0) is 0 Å². The molecule has 0 fully saturated rings. The van der Waals surface area contributed by atoms with E-state index in [-0.39, 0.29) is 27.2 Å². The van der Waals surface area contributed by atoms with Crippen molar-refractivity contribution in [3.63, 3.8) is 0 Å². The lowest BCUT2D eigenvalue weighted by molar-refractivity contribution is -0.385. The Morgan fingerprint density at radius 1 is 0.947 bits per heavy atom. The first kappa shape index (κ1) is 13.9. The van der Waals surface area contributed by atoms with Gasteiger partial charge in [-0.05, 0) is 24.3 Å². The van der Waals surface area contributed by atoms with E-state index >= 15 is 0 Å². The molecule has 0 amide bonds. The highest BCUT2D eigenvalue weighted by Crippen LogP contribution is 2.40. The Morgan fingerprint density at radius 3 is 2.16 bits per heavy atom. The minimum absolute atomic E-state index is 0.00154. The SMILES string of the molecule is O=[N+]([O-])c1c(Cl)cccc1Oc1cccc(Cl)c1Cl. The molecule has 2 aromatic rings. The van der Waals surface area contributed by atoms with Crippen LogP contribution in [0, 0.1) is 10.1 Å². The highest BCUT2D eigenvalue weighted by molar-refractivity contribution is 6.42. The zero-order valence-corrected chi connectivity index (χ0v) is 11.5. The lowest BCUT2D eigenvalue weighted by Gasteiger charge is -2.09. The highest BCUT2D eigenvalue weighted by Gasteiger charge is 2.21. The van der Waals surface area contributed by atoms with Crippen LogP contribution in [0.5, 0.6) is 11.5 Å². The number of nitro benzene ring substituents is 1. The minimum Gasteiger partial charge on any atom is -0.448 e. The molecule has 0 heterocycles. The van der Waals surface area contributed by atoms with Gasteiger partial charge in [0, 0.05) is 0 Å². The van der Waals surface area contributed by atoms with Crippen molar-refractivity contribution in [2.24, 2.45) is 0 Å². The van der Waals surface area contributed by atoms with E-state index < -0.39 is 4.92 Å². The summed E-state index contributed by atoms with van der Waals surface area (Å²) in [6, 6.07) is 9.15. The molecule has 0 aliphatic rings. The number of nitro groups is 1. The summed E-state index contributed by atoms with van der Waals surface area (Å²) in [6.45, 7) is 0. The standard InChI is InChI=1S/C12H6Cl3NO3/c13-7-3-1-5-9(11(7)15)19-10-6-2-4-8(14)12(10)16(17)18/h1-6H. The van der Waals surface area contributed by atoms with Crippen LogP contribution in [0.25, 0.3) is 0 Å². The summed E-state index contributed by atoms with van der Waals surface area (Å²) in [6.07, 6.45) is 0. The molecule has 0 bridgehead atoms. The van der Waals surface area contributed by atoms with E-state index in [1.165, 1.54) is 12.1 Å². The lowest BCUT2D eigenvalue weighted by atomic mass is 10.3. The van der Waals surface area contributed by atoms with Gasteiger partial charge in [0.05, 0.1) is 9.95 Å². The van der Waals surface area contributed by atoms with Crippen LogP contribution in [0.2, 0.25) is 15.1 Å². The molecule has 2 rings (SSSR count). The van der Waals surface area contributed by atoms with Crippen LogP contribution in [0.15, 0.2) is 36.4 Å². The van der Waals surface area contributed by atoms with Gasteiger partial charge in [-0.25, -0.2) is 0 Å². The molecular weight excluding hydrogens is 312 g/mol. The Bertz CT molecular complexity index is 646. The largest absolute Gasteiger partial charge is 0.448 e. The van der Waals surface area contributed by atoms with E-state index in [0.717, 1.165) is 0 Å². The van der Waals surface area contributed by atoms with Gasteiger partial charge in [0.15, 0.2) is 0 Å². The molecule has 19 heavy (non-hydrogen) atoms. The number of ether oxygens (including phenoxy) is 1. The molecule has 0 N–H and O–H groups in total. The Labute approximate surface area is 123 Å². The van der Waals surface area contributed by atoms with Crippen molar-refractivity contribution < 1.29 is 9.66 Å². The molecule has 0 saturated carbocycles. The second kappa shape index (κ2) is 5.65. The monoisotopic (exact) mass is 317 g/mol. The zero-order valence-electron chi connectivity index (χ0n) is 9.27. The van der Waals surface area contributed by atoms with E-state index in [4.69, 9.17) is 39.5 Å². The van der Waals surface area contributed by atoms with Crippen molar-refractivity contribution >= 4 is 40.5 Å². The smallest absolute Gasteiger partial charge is 0.329 e. The number of halogens is 3. The van der Waals surface area contributed by atoms with Crippen molar-refractivity contribution in [2.45, 2.75) is 0 Å². The van der Waals surface area contributed by atoms with Gasteiger partial charge >= 0.3 is 5.69 Å². The summed E-state index contributed by atoms with van der Waals surface area (Å²) in [7, 11) is 0. The van der Waals surface area contributed by atoms with Crippen LogP contribution in [0.4, 0.5) is 5.69 Å². The highest BCUT2D eigenvalue weighted by atomic mass is 35.5. The summed E-state index contributed by atoms with van der Waals surface area (Å²) in [5.41, 5.74) is -0.319. The van der Waals surface area contributed by atoms with Gasteiger partial charge in [-0.2, -0.15) is 0 Å². The average molecular weight is 319 g/mol. The summed E-state index contributed by atoms with van der Waals surface area (Å²) >= 11 is 17.6. The molecular formula is C12H6Cl3NO3. The maximum atomic E-state index is 11.0. The van der Waals surface area contributed by atoms with Gasteiger partial charge in [-0.3, -0.25) is 10.1 Å². The third kappa shape index (κ3) is 2.92. The van der Waals surface area contributed by atoms with E-state index in [0.29, 0.717) is 5.02 Å². The molecule has 2 aromatic carbocycles. The fraction of sp³-hybridized carbons (Fsp3) is 0. The molecule has 0 radical (unpaired) electrons. The Balaban J connectivity index is 2.47. The van der Waals surface area contributed by atoms with Crippen molar-refractivity contribution in [1.82, 2.24) is 0 Å². The number of rotatable bonds is 3. The first-order valence-electron chi connectivity index (χ1n) is 5.05. The summed E-state index contributed by atoms with van der Waals surface area (Å²) in [4.78, 5) is 10.4. The molecule has 7 heteroatoms. The number of benzene rings is 2. The summed E-state index contributed by atoms with van der Waals surface area (Å²) < 4.78 is 5.42. The topological polar surface area (TPSA) is 52.4 Å². The molecule has 0 atom stereocenters. The van der Waals surface area contributed by atoms with Gasteiger partial charge < -0.3 is 4.74 Å². The second-order valence-electron chi connectivity index (χ2n) is 3.50. The van der Waals surface area contributed by atoms with Crippen LogP contribution in [0.1, 0.15) is 0 Å². The Kier molecular flexibility index (Phi) is 4.14. The molecule has 98 valence electrons. The van der Waals surface area contributed by atoms with Crippen molar-refractivity contribution in [3.05, 3.63) is 61.6 Å². The van der Waals surface area contributed by atoms with Crippen LogP contribution in [-0.4, -0.2) is 4.92 Å². The molecule has 0 aromatic heterocycles. The normalized spacial score (nSPS) is 10.3. The molecule has 0 aliphatic carbocycles. The van der Waals surface area contributed by atoms with Gasteiger partial charge in [0.25, 0.3) is 0 Å². The zero-order chi connectivity index (χ0) is 14.0. The molecule has 0 unspecified atom stereocenters. The number of hydrogen-bond donors (Lipinski definition) is 0. The second-order valence-corrected chi connectivity index (χ2v) is 4.69. The fourth-order valence-electron chi connectivity index (χ4n) is 1.44. The molecule has 0 aliphatic heterocycles. The third-order valence-electron chi connectivity index (χ3n) is 2.27. The van der Waals surface area contributed by atoms with Gasteiger partial charge in [-0.15, -0.1) is 0 Å². The van der Waals surface area contributed by atoms with Crippen LogP contribution < -0.4 is 4.74 Å². The van der Waals surface area contributed by atoms with Crippen LogP contribution in [0.3, 0.4) is 0 Å². The van der Waals surface area contributed by atoms with Gasteiger partial charge in [0.2, 0.25) is 5.75 Å². The predicted molar refractivity (Wildman–Crippen MR) is 74.6 cm³/mol. The van der Waals surface area contributed by atoms with Gasteiger partial charge in [-0.1, -0.05) is 46.9 Å². The van der Waals surface area contributed by atoms with Crippen molar-refractivity contribution in [2.75, 3.05) is 0 Å². The average Bonchev–Trinajstić information content (AvgIpc) is 2.34. The Hall–Kier alpha value is -1.49. The fourth-order valence-corrected chi connectivity index (χ4v) is 2.00. The third-order valence-corrected chi connectivity index (χ3v) is 3.37. The van der Waals surface area contributed by atoms with Crippen molar-refractivity contribution in [3.8, 4) is 11.5 Å². The Morgan fingerprint density at radius 2 is 1.53 bits per heavy atom. The first-order valence-corrected chi connectivity index (χ1v) is 6.19. The molecule has 0 saturated heterocycles. The first-order chi connectivity index (χ1) is 9.00. The van der Waals surface area contributed by atoms with E-state index in [2.05, 4.69) is 0 Å². The number of hydrogen-bond acceptors (Lipinski definition) is 3. The quantitative estimate of drug-likeness (QED) is 0.566. The predicted octanol–water partition coefficient (Wildman–Crippen LogP) is 5.35. The molecule has 4 nitrogen and oxygen atoms in total. The van der Waals surface area contributed by atoms with E-state index in [1.54, 1.807) is 24.3 Å². The lowest BCUT2D eigenvalue weighted by Crippen LogP contribution is -1.94. The van der Waals surface area contributed by atoms with Crippen molar-refractivity contribution in [1.29, 1.82) is 0 Å². The summed E-state index contributed by atoms with van der Waals surface area (Å²) in [5.74, 6) is 0.223. The number of para-hydroxylation sites is 1. The van der Waals surface area contributed by atoms with Gasteiger partial charge in [0.1, 0.15) is 15.8 Å². The maximum absolute atomic E-state index is 11.0. The summed E-state index contributed by atoms with van der Waals surface area (Å²) in [5, 5.41) is 11.4. The van der Waals surface area contributed by atoms with E-state index in [1.807, 2.05) is 0 Å². The number of nitrogens with zero attached hydrogens (tertiary/aromatic N) is 1. The van der Waals surface area contributed by atoms with E-state index in [9.17, 15) is 10.1 Å². The molecule has 0 spiro atoms. The minimum atomic E-state index is -0.615. The van der Waals surface area contributed by atoms with Crippen LogP contribution >= 0.6 is 34.8 Å².